The van der Waals surface area contributed by atoms with Crippen LogP contribution in [0.5, 0.6) is 5.75 Å². The average Bonchev–Trinajstić information content (AvgIpc) is 2.57. The maximum atomic E-state index is 6.38. The van der Waals surface area contributed by atoms with E-state index in [4.69, 9.17) is 4.74 Å². The van der Waals surface area contributed by atoms with Gasteiger partial charge in [0.05, 0.1) is 5.69 Å². The number of hydrogen-bond acceptors (Lipinski definition) is 3. The van der Waals surface area contributed by atoms with Crippen LogP contribution in [0, 0.1) is 13.8 Å². The van der Waals surface area contributed by atoms with E-state index in [1.165, 1.54) is 25.7 Å². The Morgan fingerprint density at radius 2 is 2.05 bits per heavy atom. The van der Waals surface area contributed by atoms with E-state index in [9.17, 15) is 0 Å². The second-order valence-electron chi connectivity index (χ2n) is 5.76. The van der Waals surface area contributed by atoms with Crippen LogP contribution >= 0.6 is 0 Å². The average molecular weight is 265 g/mol. The van der Waals surface area contributed by atoms with Gasteiger partial charge >= 0.3 is 0 Å². The van der Waals surface area contributed by atoms with Crippen LogP contribution < -0.4 is 10.1 Å². The first-order valence-corrected chi connectivity index (χ1v) is 7.48. The lowest BCUT2D eigenvalue weighted by atomic mass is 9.77. The molecule has 2 rings (SSSR count). The number of ether oxygens (including phenoxy) is 1. The molecule has 0 atom stereocenters. The van der Waals surface area contributed by atoms with E-state index in [0.717, 1.165) is 36.6 Å². The Kier molecular flexibility index (Phi) is 4.50. The van der Waals surface area contributed by atoms with Gasteiger partial charge in [0.1, 0.15) is 11.3 Å². The normalized spacial score (nSPS) is 17.3. The molecule has 1 N–H and O–H groups in total. The molecule has 1 aromatic heterocycles. The maximum Gasteiger partial charge on any atom is 0.163 e. The lowest BCUT2D eigenvalue weighted by molar-refractivity contribution is -0.0153. The molecule has 1 aromatic rings. The molecule has 0 aliphatic heterocycles. The van der Waals surface area contributed by atoms with Crippen molar-refractivity contribution in [3.8, 4) is 5.75 Å². The molecular formula is C15H27N3O. The van der Waals surface area contributed by atoms with E-state index < -0.39 is 0 Å². The van der Waals surface area contributed by atoms with Crippen molar-refractivity contribution >= 4 is 0 Å². The summed E-state index contributed by atoms with van der Waals surface area (Å²) in [4.78, 5) is 0. The van der Waals surface area contributed by atoms with Crippen LogP contribution in [-0.4, -0.2) is 28.5 Å². The third-order valence-corrected chi connectivity index (χ3v) is 4.21. The fourth-order valence-electron chi connectivity index (χ4n) is 2.71. The molecule has 1 saturated carbocycles. The van der Waals surface area contributed by atoms with Gasteiger partial charge in [-0.15, -0.1) is 0 Å². The molecule has 0 amide bonds. The summed E-state index contributed by atoms with van der Waals surface area (Å²) in [6.45, 7) is 8.46. The quantitative estimate of drug-likeness (QED) is 0.770. The Balaban J connectivity index is 1.98. The van der Waals surface area contributed by atoms with Crippen molar-refractivity contribution in [1.82, 2.24) is 15.1 Å². The SMILES string of the molecule is CCCNCCC1(Oc2c(C)nn(C)c2C)CCC1. The van der Waals surface area contributed by atoms with E-state index in [0.29, 0.717) is 0 Å². The third-order valence-electron chi connectivity index (χ3n) is 4.21. The number of rotatable bonds is 7. The fraction of sp³-hybridized carbons (Fsp3) is 0.800. The molecule has 4 nitrogen and oxygen atoms in total. The minimum absolute atomic E-state index is 0.0549. The molecule has 1 fully saturated rings. The summed E-state index contributed by atoms with van der Waals surface area (Å²) >= 11 is 0. The molecule has 108 valence electrons. The predicted octanol–water partition coefficient (Wildman–Crippen LogP) is 2.73. The van der Waals surface area contributed by atoms with Gasteiger partial charge in [0.15, 0.2) is 5.75 Å². The Morgan fingerprint density at radius 3 is 2.53 bits per heavy atom. The van der Waals surface area contributed by atoms with E-state index in [1.54, 1.807) is 0 Å². The van der Waals surface area contributed by atoms with Crippen molar-refractivity contribution in [1.29, 1.82) is 0 Å². The van der Waals surface area contributed by atoms with Crippen LogP contribution in [0.1, 0.15) is 50.4 Å². The van der Waals surface area contributed by atoms with Crippen molar-refractivity contribution in [2.45, 2.75) is 58.5 Å². The largest absolute Gasteiger partial charge is 0.483 e. The number of aryl methyl sites for hydroxylation is 2. The first kappa shape index (κ1) is 14.4. The summed E-state index contributed by atoms with van der Waals surface area (Å²) in [5.41, 5.74) is 2.19. The Labute approximate surface area is 116 Å². The van der Waals surface area contributed by atoms with E-state index in [2.05, 4.69) is 24.3 Å². The highest BCUT2D eigenvalue weighted by atomic mass is 16.5. The number of aromatic nitrogens is 2. The van der Waals surface area contributed by atoms with E-state index in [1.807, 2.05) is 18.7 Å². The summed E-state index contributed by atoms with van der Waals surface area (Å²) in [7, 11) is 1.98. The van der Waals surface area contributed by atoms with Crippen LogP contribution in [0.25, 0.3) is 0 Å². The Hall–Kier alpha value is -1.03. The molecule has 1 aliphatic rings. The van der Waals surface area contributed by atoms with Crippen LogP contribution in [-0.2, 0) is 7.05 Å². The smallest absolute Gasteiger partial charge is 0.163 e. The zero-order valence-corrected chi connectivity index (χ0v) is 12.8. The molecule has 0 radical (unpaired) electrons. The van der Waals surface area contributed by atoms with Gasteiger partial charge in [0.25, 0.3) is 0 Å². The molecule has 0 unspecified atom stereocenters. The molecule has 4 heteroatoms. The first-order valence-electron chi connectivity index (χ1n) is 7.48. The molecule has 0 aromatic carbocycles. The molecular weight excluding hydrogens is 238 g/mol. The third kappa shape index (κ3) is 3.11. The van der Waals surface area contributed by atoms with E-state index >= 15 is 0 Å². The van der Waals surface area contributed by atoms with Crippen molar-refractivity contribution in [3.05, 3.63) is 11.4 Å². The predicted molar refractivity (Wildman–Crippen MR) is 77.7 cm³/mol. The van der Waals surface area contributed by atoms with Crippen molar-refractivity contribution < 1.29 is 4.74 Å². The first-order chi connectivity index (χ1) is 9.08. The van der Waals surface area contributed by atoms with Gasteiger partial charge in [0, 0.05) is 7.05 Å². The topological polar surface area (TPSA) is 39.1 Å². The maximum absolute atomic E-state index is 6.38. The van der Waals surface area contributed by atoms with Gasteiger partial charge in [-0.3, -0.25) is 4.68 Å². The molecule has 1 heterocycles. The minimum atomic E-state index is 0.0549. The van der Waals surface area contributed by atoms with Gasteiger partial charge in [-0.25, -0.2) is 0 Å². The van der Waals surface area contributed by atoms with Crippen molar-refractivity contribution in [3.63, 3.8) is 0 Å². The van der Waals surface area contributed by atoms with Gasteiger partial charge < -0.3 is 10.1 Å². The molecule has 19 heavy (non-hydrogen) atoms. The van der Waals surface area contributed by atoms with Crippen molar-refractivity contribution in [2.75, 3.05) is 13.1 Å². The van der Waals surface area contributed by atoms with Gasteiger partial charge in [-0.2, -0.15) is 5.10 Å². The second-order valence-corrected chi connectivity index (χ2v) is 5.76. The van der Waals surface area contributed by atoms with Crippen LogP contribution in [0.3, 0.4) is 0 Å². The lowest BCUT2D eigenvalue weighted by Gasteiger charge is -2.42. The van der Waals surface area contributed by atoms with Crippen LogP contribution in [0.15, 0.2) is 0 Å². The number of nitrogens with one attached hydrogen (secondary N) is 1. The molecule has 0 saturated heterocycles. The number of hydrogen-bond donors (Lipinski definition) is 1. The van der Waals surface area contributed by atoms with Crippen LogP contribution in [0.2, 0.25) is 0 Å². The molecule has 1 aliphatic carbocycles. The zero-order chi connectivity index (χ0) is 13.9. The summed E-state index contributed by atoms with van der Waals surface area (Å²) in [5.74, 6) is 0.998. The summed E-state index contributed by atoms with van der Waals surface area (Å²) in [6.07, 6.45) is 5.92. The standard InChI is InChI=1S/C15H27N3O/c1-5-10-16-11-9-15(7-6-8-15)19-14-12(2)17-18(4)13(14)3/h16H,5-11H2,1-4H3. The highest BCUT2D eigenvalue weighted by molar-refractivity contribution is 5.32. The zero-order valence-electron chi connectivity index (χ0n) is 12.8. The van der Waals surface area contributed by atoms with Gasteiger partial charge in [-0.05, 0) is 59.0 Å². The van der Waals surface area contributed by atoms with Crippen LogP contribution in [0.4, 0.5) is 0 Å². The minimum Gasteiger partial charge on any atom is -0.483 e. The Bertz CT molecular complexity index is 421. The monoisotopic (exact) mass is 265 g/mol. The Morgan fingerprint density at radius 1 is 1.32 bits per heavy atom. The molecule has 0 spiro atoms. The summed E-state index contributed by atoms with van der Waals surface area (Å²) in [5, 5.41) is 7.92. The second kappa shape index (κ2) is 5.95. The highest BCUT2D eigenvalue weighted by Crippen LogP contribution is 2.40. The van der Waals surface area contributed by atoms with Crippen molar-refractivity contribution in [2.24, 2.45) is 7.05 Å². The summed E-state index contributed by atoms with van der Waals surface area (Å²) < 4.78 is 8.29. The number of nitrogens with zero attached hydrogens (tertiary/aromatic N) is 2. The fourth-order valence-corrected chi connectivity index (χ4v) is 2.71. The highest BCUT2D eigenvalue weighted by Gasteiger charge is 2.39. The lowest BCUT2D eigenvalue weighted by Crippen LogP contribution is -2.45. The van der Waals surface area contributed by atoms with E-state index in [-0.39, 0.29) is 5.60 Å². The molecule has 0 bridgehead atoms. The summed E-state index contributed by atoms with van der Waals surface area (Å²) in [6, 6.07) is 0. The van der Waals surface area contributed by atoms with Gasteiger partial charge in [0.2, 0.25) is 0 Å². The van der Waals surface area contributed by atoms with Gasteiger partial charge in [-0.1, -0.05) is 6.92 Å².